The monoisotopic (exact) mass is 510 g/mol. The van der Waals surface area contributed by atoms with Crippen molar-refractivity contribution in [1.82, 2.24) is 19.1 Å². The summed E-state index contributed by atoms with van der Waals surface area (Å²) in [4.78, 5) is 22.5. The van der Waals surface area contributed by atoms with E-state index in [1.54, 1.807) is 22.4 Å². The zero-order chi connectivity index (χ0) is 23.2. The highest BCUT2D eigenvalue weighted by atomic mass is 79.9. The number of hydrogen-bond donors (Lipinski definition) is 0. The molecule has 33 heavy (non-hydrogen) atoms. The molecule has 7 nitrogen and oxygen atoms in total. The number of hydrogen-bond acceptors (Lipinski definition) is 5. The zero-order valence-electron chi connectivity index (χ0n) is 18.8. The van der Waals surface area contributed by atoms with Gasteiger partial charge < -0.3 is 9.47 Å². The maximum Gasteiger partial charge on any atom is 0.331 e. The number of fused-ring (bicyclic) bond motifs is 1. The minimum absolute atomic E-state index is 0.134. The van der Waals surface area contributed by atoms with E-state index in [9.17, 15) is 4.79 Å². The van der Waals surface area contributed by atoms with Crippen molar-refractivity contribution in [1.29, 1.82) is 0 Å². The topological polar surface area (TPSA) is 71.2 Å². The number of imidazole rings is 1. The van der Waals surface area contributed by atoms with Crippen molar-refractivity contribution in [3.8, 4) is 11.8 Å². The third kappa shape index (κ3) is 5.27. The standard InChI is InChI=1S/C25H27BrN4O3/c1-3-4-13-33-24-27-15-22-23(28-24)30(17-20-9-11-21(32-2)12-10-20)25(31)29(22)16-19-7-5-18(14-26)6-8-19/h5-12,15H,3-4,13-14,16-17H2,1-2H3. The second kappa shape index (κ2) is 10.7. The van der Waals surface area contributed by atoms with Crippen LogP contribution in [0.25, 0.3) is 11.2 Å². The fourth-order valence-electron chi connectivity index (χ4n) is 3.58. The average Bonchev–Trinajstić information content (AvgIpc) is 3.10. The maximum atomic E-state index is 13.5. The second-order valence-corrected chi connectivity index (χ2v) is 8.38. The summed E-state index contributed by atoms with van der Waals surface area (Å²) in [5.41, 5.74) is 4.31. The summed E-state index contributed by atoms with van der Waals surface area (Å²) in [6, 6.07) is 16.2. The highest BCUT2D eigenvalue weighted by Gasteiger charge is 2.17. The molecule has 0 N–H and O–H groups in total. The van der Waals surface area contributed by atoms with E-state index >= 15 is 0 Å². The summed E-state index contributed by atoms with van der Waals surface area (Å²) < 4.78 is 14.4. The van der Waals surface area contributed by atoms with E-state index in [0.717, 1.165) is 35.0 Å². The van der Waals surface area contributed by atoms with Gasteiger partial charge in [0.2, 0.25) is 0 Å². The molecule has 8 heteroatoms. The first kappa shape index (κ1) is 23.0. The Bertz CT molecular complexity index is 1260. The molecule has 0 atom stereocenters. The van der Waals surface area contributed by atoms with E-state index in [0.29, 0.717) is 36.9 Å². The summed E-state index contributed by atoms with van der Waals surface area (Å²) in [5.74, 6) is 0.773. The summed E-state index contributed by atoms with van der Waals surface area (Å²) in [5, 5.41) is 0.795. The molecule has 0 saturated heterocycles. The molecule has 0 saturated carbocycles. The van der Waals surface area contributed by atoms with Crippen LogP contribution in [0, 0.1) is 0 Å². The van der Waals surface area contributed by atoms with Gasteiger partial charge in [0.25, 0.3) is 0 Å². The van der Waals surface area contributed by atoms with Crippen LogP contribution < -0.4 is 15.2 Å². The van der Waals surface area contributed by atoms with Gasteiger partial charge in [-0.3, -0.25) is 9.13 Å². The lowest BCUT2D eigenvalue weighted by Gasteiger charge is -2.06. The Balaban J connectivity index is 1.74. The molecule has 0 spiro atoms. The van der Waals surface area contributed by atoms with Gasteiger partial charge in [0.1, 0.15) is 11.3 Å². The molecule has 0 aliphatic carbocycles. The van der Waals surface area contributed by atoms with Crippen LogP contribution in [-0.4, -0.2) is 32.8 Å². The van der Waals surface area contributed by atoms with Crippen molar-refractivity contribution < 1.29 is 9.47 Å². The van der Waals surface area contributed by atoms with Crippen LogP contribution in [0.15, 0.2) is 59.5 Å². The van der Waals surface area contributed by atoms with Crippen LogP contribution in [0.4, 0.5) is 0 Å². The maximum absolute atomic E-state index is 13.5. The average molecular weight is 511 g/mol. The Hall–Kier alpha value is -3.13. The Labute approximate surface area is 201 Å². The normalized spacial score (nSPS) is 11.1. The smallest absolute Gasteiger partial charge is 0.331 e. The fraction of sp³-hybridized carbons (Fsp3) is 0.320. The molecule has 4 aromatic rings. The summed E-state index contributed by atoms with van der Waals surface area (Å²) >= 11 is 3.47. The van der Waals surface area contributed by atoms with Gasteiger partial charge in [-0.1, -0.05) is 65.7 Å². The minimum atomic E-state index is -0.134. The molecule has 0 unspecified atom stereocenters. The molecule has 2 aromatic carbocycles. The Morgan fingerprint density at radius 1 is 0.939 bits per heavy atom. The van der Waals surface area contributed by atoms with Crippen molar-refractivity contribution in [3.05, 3.63) is 81.9 Å². The fourth-order valence-corrected chi connectivity index (χ4v) is 3.96. The van der Waals surface area contributed by atoms with Crippen molar-refractivity contribution in [2.24, 2.45) is 0 Å². The van der Waals surface area contributed by atoms with Gasteiger partial charge in [-0.25, -0.2) is 9.78 Å². The summed E-state index contributed by atoms with van der Waals surface area (Å²) in [7, 11) is 1.63. The molecule has 4 rings (SSSR count). The van der Waals surface area contributed by atoms with E-state index in [1.807, 2.05) is 36.4 Å². The van der Waals surface area contributed by atoms with Gasteiger partial charge in [0, 0.05) is 5.33 Å². The molecule has 2 heterocycles. The first-order chi connectivity index (χ1) is 16.1. The molecular weight excluding hydrogens is 484 g/mol. The van der Waals surface area contributed by atoms with Crippen molar-refractivity contribution in [3.63, 3.8) is 0 Å². The lowest BCUT2D eigenvalue weighted by atomic mass is 10.1. The molecule has 0 radical (unpaired) electrons. The number of benzene rings is 2. The van der Waals surface area contributed by atoms with Gasteiger partial charge in [0.15, 0.2) is 5.65 Å². The van der Waals surface area contributed by atoms with Crippen LogP contribution in [0.2, 0.25) is 0 Å². The Morgan fingerprint density at radius 2 is 1.58 bits per heavy atom. The van der Waals surface area contributed by atoms with E-state index in [1.165, 1.54) is 5.56 Å². The Morgan fingerprint density at radius 3 is 2.21 bits per heavy atom. The first-order valence-corrected chi connectivity index (χ1v) is 12.1. The van der Waals surface area contributed by atoms with Gasteiger partial charge in [-0.05, 0) is 35.2 Å². The zero-order valence-corrected chi connectivity index (χ0v) is 20.4. The number of unbranched alkanes of at least 4 members (excludes halogenated alkanes) is 1. The first-order valence-electron chi connectivity index (χ1n) is 11.0. The molecule has 0 aliphatic heterocycles. The molecule has 0 bridgehead atoms. The second-order valence-electron chi connectivity index (χ2n) is 7.82. The predicted molar refractivity (Wildman–Crippen MR) is 132 cm³/mol. The third-order valence-corrected chi connectivity index (χ3v) is 6.13. The van der Waals surface area contributed by atoms with Gasteiger partial charge >= 0.3 is 11.7 Å². The molecule has 0 aliphatic rings. The van der Waals surface area contributed by atoms with Crippen LogP contribution in [0.3, 0.4) is 0 Å². The van der Waals surface area contributed by atoms with E-state index < -0.39 is 0 Å². The quantitative estimate of drug-likeness (QED) is 0.227. The largest absolute Gasteiger partial charge is 0.497 e. The Kier molecular flexibility index (Phi) is 7.44. The number of nitrogens with zero attached hydrogens (tertiary/aromatic N) is 4. The van der Waals surface area contributed by atoms with Crippen LogP contribution in [0.1, 0.15) is 36.5 Å². The van der Waals surface area contributed by atoms with Crippen molar-refractivity contribution in [2.75, 3.05) is 13.7 Å². The molecule has 2 aromatic heterocycles. The summed E-state index contributed by atoms with van der Waals surface area (Å²) in [6.07, 6.45) is 3.63. The SMILES string of the molecule is CCCCOc1ncc2c(n1)n(Cc1ccc(OC)cc1)c(=O)n2Cc1ccc(CBr)cc1. The number of rotatable bonds is 10. The van der Waals surface area contributed by atoms with E-state index in [4.69, 9.17) is 9.47 Å². The van der Waals surface area contributed by atoms with Crippen LogP contribution in [0.5, 0.6) is 11.8 Å². The number of aromatic nitrogens is 4. The van der Waals surface area contributed by atoms with E-state index in [-0.39, 0.29) is 5.69 Å². The summed E-state index contributed by atoms with van der Waals surface area (Å²) in [6.45, 7) is 3.48. The lowest BCUT2D eigenvalue weighted by Crippen LogP contribution is -2.25. The molecular formula is C25H27BrN4O3. The van der Waals surface area contributed by atoms with Crippen molar-refractivity contribution >= 4 is 27.1 Å². The minimum Gasteiger partial charge on any atom is -0.497 e. The predicted octanol–water partition coefficient (Wildman–Crippen LogP) is 4.77. The van der Waals surface area contributed by atoms with E-state index in [2.05, 4.69) is 45.0 Å². The third-order valence-electron chi connectivity index (χ3n) is 5.48. The molecule has 0 amide bonds. The number of halogens is 1. The number of ether oxygens (including phenoxy) is 2. The van der Waals surface area contributed by atoms with Gasteiger partial charge in [-0.15, -0.1) is 0 Å². The van der Waals surface area contributed by atoms with Gasteiger partial charge in [0.05, 0.1) is 33.0 Å². The van der Waals surface area contributed by atoms with Crippen LogP contribution >= 0.6 is 15.9 Å². The molecule has 172 valence electrons. The number of methoxy groups -OCH3 is 1. The van der Waals surface area contributed by atoms with Gasteiger partial charge in [-0.2, -0.15) is 4.98 Å². The van der Waals surface area contributed by atoms with Crippen molar-refractivity contribution in [2.45, 2.75) is 38.2 Å². The highest BCUT2D eigenvalue weighted by Crippen LogP contribution is 2.18. The molecule has 0 fully saturated rings. The van der Waals surface area contributed by atoms with Crippen LogP contribution in [-0.2, 0) is 18.4 Å². The number of alkyl halides is 1. The highest BCUT2D eigenvalue weighted by molar-refractivity contribution is 9.08. The lowest BCUT2D eigenvalue weighted by molar-refractivity contribution is 0.286.